The minimum Gasteiger partial charge on any atom is -0.298 e. The van der Waals surface area contributed by atoms with Crippen LogP contribution < -0.4 is 5.32 Å². The third-order valence-electron chi connectivity index (χ3n) is 3.66. The van der Waals surface area contributed by atoms with Crippen LogP contribution in [-0.2, 0) is 15.8 Å². The Morgan fingerprint density at radius 3 is 2.20 bits per heavy atom. The van der Waals surface area contributed by atoms with Gasteiger partial charge in [-0.25, -0.2) is 13.8 Å². The lowest BCUT2D eigenvalue weighted by Gasteiger charge is -2.07. The van der Waals surface area contributed by atoms with Crippen molar-refractivity contribution in [2.75, 3.05) is 5.32 Å². The van der Waals surface area contributed by atoms with E-state index in [0.29, 0.717) is 10.6 Å². The maximum Gasteiger partial charge on any atom is 0.416 e. The van der Waals surface area contributed by atoms with Crippen LogP contribution in [-0.4, -0.2) is 17.0 Å². The van der Waals surface area contributed by atoms with Crippen molar-refractivity contribution in [2.24, 2.45) is 0 Å². The van der Waals surface area contributed by atoms with Gasteiger partial charge in [-0.15, -0.1) is 0 Å². The second-order valence-corrected chi connectivity index (χ2v) is 6.65. The maximum atomic E-state index is 13.7. The summed E-state index contributed by atoms with van der Waals surface area (Å²) in [4.78, 5) is 32.8. The number of nitrogens with zero attached hydrogens (tertiary/aromatic N) is 1. The first kappa shape index (κ1) is 22.9. The van der Waals surface area contributed by atoms with Crippen LogP contribution in [0.25, 0.3) is 10.4 Å². The minimum atomic E-state index is -4.49. The van der Waals surface area contributed by atoms with E-state index in [9.17, 15) is 26.7 Å². The predicted octanol–water partition coefficient (Wildman–Crippen LogP) is 5.08. The Kier molecular flexibility index (Phi) is 7.14. The van der Waals surface area contributed by atoms with Gasteiger partial charge in [-0.05, 0) is 36.8 Å². The van der Waals surface area contributed by atoms with Crippen LogP contribution in [0.2, 0.25) is 0 Å². The lowest BCUT2D eigenvalue weighted by molar-refractivity contribution is -0.191. The number of hydrogen-bond acceptors (Lipinski definition) is 5. The van der Waals surface area contributed by atoms with Gasteiger partial charge >= 0.3 is 12.3 Å². The van der Waals surface area contributed by atoms with E-state index in [1.807, 2.05) is 0 Å². The molecule has 0 saturated heterocycles. The number of rotatable bonds is 3. The average molecular weight is 442 g/mol. The molecular formula is C19H11F5N2O3S. The van der Waals surface area contributed by atoms with Gasteiger partial charge in [0, 0.05) is 0 Å². The number of benzene rings is 2. The highest BCUT2D eigenvalue weighted by atomic mass is 32.1. The molecule has 1 aromatic heterocycles. The highest BCUT2D eigenvalue weighted by molar-refractivity contribution is 7.19. The van der Waals surface area contributed by atoms with Crippen LogP contribution >= 0.6 is 11.3 Å². The molecule has 1 heterocycles. The van der Waals surface area contributed by atoms with E-state index in [0.717, 1.165) is 41.7 Å². The van der Waals surface area contributed by atoms with E-state index < -0.39 is 34.8 Å². The summed E-state index contributed by atoms with van der Waals surface area (Å²) in [5.74, 6) is -3.09. The number of aromatic nitrogens is 1. The number of hydrogen-bond donors (Lipinski definition) is 1. The zero-order valence-corrected chi connectivity index (χ0v) is 15.8. The zero-order valence-electron chi connectivity index (χ0n) is 15.0. The molecule has 0 unspecified atom stereocenters. The number of halogens is 5. The van der Waals surface area contributed by atoms with Crippen LogP contribution in [0.3, 0.4) is 0 Å². The summed E-state index contributed by atoms with van der Waals surface area (Å²) in [6.07, 6.45) is -4.24. The standard InChI is InChI=1S/C18H11F5N2OS.CO2/c1-9-15(10-4-2-5-11(8-10)18(21,22)23)27-17(24-9)25-16(26)14-12(19)6-3-7-13(14)20;2-1-3/h2-8H,1H3,(H,24,25,26);. The summed E-state index contributed by atoms with van der Waals surface area (Å²) in [6, 6.07) is 7.69. The van der Waals surface area contributed by atoms with Crippen LogP contribution in [0.15, 0.2) is 42.5 Å². The van der Waals surface area contributed by atoms with E-state index in [1.165, 1.54) is 12.1 Å². The molecule has 1 N–H and O–H groups in total. The smallest absolute Gasteiger partial charge is 0.298 e. The Morgan fingerprint density at radius 2 is 1.63 bits per heavy atom. The quantitative estimate of drug-likeness (QED) is 0.574. The van der Waals surface area contributed by atoms with Crippen molar-refractivity contribution in [1.29, 1.82) is 0 Å². The average Bonchev–Trinajstić information content (AvgIpc) is 3.02. The number of aryl methyl sites for hydroxylation is 1. The predicted molar refractivity (Wildman–Crippen MR) is 96.6 cm³/mol. The number of amides is 1. The van der Waals surface area contributed by atoms with Crippen molar-refractivity contribution in [1.82, 2.24) is 4.98 Å². The lowest BCUT2D eigenvalue weighted by atomic mass is 10.1. The summed E-state index contributed by atoms with van der Waals surface area (Å²) in [7, 11) is 0. The molecule has 2 aromatic carbocycles. The number of nitrogens with one attached hydrogen (secondary N) is 1. The van der Waals surface area contributed by atoms with Gasteiger partial charge in [-0.3, -0.25) is 10.1 Å². The summed E-state index contributed by atoms with van der Waals surface area (Å²) in [5.41, 5.74) is -0.918. The number of alkyl halides is 3. The number of thiazole rings is 1. The van der Waals surface area contributed by atoms with Crippen LogP contribution in [0.4, 0.5) is 27.1 Å². The molecule has 0 radical (unpaired) electrons. The second-order valence-electron chi connectivity index (χ2n) is 5.65. The molecule has 0 bridgehead atoms. The van der Waals surface area contributed by atoms with Crippen LogP contribution in [0, 0.1) is 18.6 Å². The van der Waals surface area contributed by atoms with Crippen molar-refractivity contribution in [2.45, 2.75) is 13.1 Å². The number of carbonyl (C=O) groups is 1. The number of carbonyl (C=O) groups excluding carboxylic acids is 3. The third-order valence-corrected chi connectivity index (χ3v) is 4.78. The van der Waals surface area contributed by atoms with Crippen LogP contribution in [0.1, 0.15) is 21.6 Å². The van der Waals surface area contributed by atoms with Gasteiger partial charge in [0.05, 0.1) is 16.1 Å². The van der Waals surface area contributed by atoms with Gasteiger partial charge in [0.25, 0.3) is 5.91 Å². The largest absolute Gasteiger partial charge is 0.416 e. The van der Waals surface area contributed by atoms with Crippen molar-refractivity contribution < 1.29 is 36.3 Å². The van der Waals surface area contributed by atoms with Crippen LogP contribution in [0.5, 0.6) is 0 Å². The fraction of sp³-hybridized carbons (Fsp3) is 0.105. The molecule has 0 saturated carbocycles. The molecule has 11 heteroatoms. The van der Waals surface area contributed by atoms with E-state index >= 15 is 0 Å². The molecule has 0 atom stereocenters. The highest BCUT2D eigenvalue weighted by Crippen LogP contribution is 2.36. The molecule has 0 aliphatic rings. The fourth-order valence-corrected chi connectivity index (χ4v) is 3.39. The monoisotopic (exact) mass is 442 g/mol. The van der Waals surface area contributed by atoms with Gasteiger partial charge in [0.15, 0.2) is 5.13 Å². The Morgan fingerprint density at radius 1 is 1.07 bits per heavy atom. The first-order valence-corrected chi connectivity index (χ1v) is 8.79. The molecule has 5 nitrogen and oxygen atoms in total. The normalized spacial score (nSPS) is 10.6. The van der Waals surface area contributed by atoms with Gasteiger partial charge in [-0.1, -0.05) is 29.5 Å². The van der Waals surface area contributed by atoms with Gasteiger partial charge in [0.2, 0.25) is 0 Å². The molecule has 156 valence electrons. The molecule has 0 aliphatic heterocycles. The minimum absolute atomic E-state index is 0.0209. The first-order chi connectivity index (χ1) is 14.1. The summed E-state index contributed by atoms with van der Waals surface area (Å²) in [5, 5.41) is 2.30. The molecular weight excluding hydrogens is 431 g/mol. The molecule has 30 heavy (non-hydrogen) atoms. The SMILES string of the molecule is Cc1nc(NC(=O)c2c(F)cccc2F)sc1-c1cccc(C(F)(F)F)c1.O=C=O. The fourth-order valence-electron chi connectivity index (χ4n) is 2.43. The van der Waals surface area contributed by atoms with Gasteiger partial charge < -0.3 is 0 Å². The second kappa shape index (κ2) is 9.38. The molecule has 0 fully saturated rings. The summed E-state index contributed by atoms with van der Waals surface area (Å²) >= 11 is 0.911. The molecule has 3 aromatic rings. The van der Waals surface area contributed by atoms with Crippen molar-refractivity contribution in [3.8, 4) is 10.4 Å². The molecule has 0 spiro atoms. The van der Waals surface area contributed by atoms with E-state index in [1.54, 1.807) is 6.92 Å². The van der Waals surface area contributed by atoms with Crippen molar-refractivity contribution in [3.05, 3.63) is 70.9 Å². The number of anilines is 1. The lowest BCUT2D eigenvalue weighted by Crippen LogP contribution is -2.15. The first-order valence-electron chi connectivity index (χ1n) is 7.98. The van der Waals surface area contributed by atoms with Crippen molar-refractivity contribution >= 4 is 28.5 Å². The Hall–Kier alpha value is -3.43. The maximum absolute atomic E-state index is 13.7. The third kappa shape index (κ3) is 5.34. The highest BCUT2D eigenvalue weighted by Gasteiger charge is 2.30. The zero-order chi connectivity index (χ0) is 22.5. The van der Waals surface area contributed by atoms with E-state index in [-0.39, 0.29) is 16.8 Å². The summed E-state index contributed by atoms with van der Waals surface area (Å²) in [6.45, 7) is 1.56. The topological polar surface area (TPSA) is 76.1 Å². The van der Waals surface area contributed by atoms with Crippen molar-refractivity contribution in [3.63, 3.8) is 0 Å². The summed E-state index contributed by atoms with van der Waals surface area (Å²) < 4.78 is 66.0. The van der Waals surface area contributed by atoms with E-state index in [2.05, 4.69) is 10.3 Å². The van der Waals surface area contributed by atoms with E-state index in [4.69, 9.17) is 9.59 Å². The Labute approximate surface area is 170 Å². The van der Waals surface area contributed by atoms with Gasteiger partial charge in [0.1, 0.15) is 17.2 Å². The molecule has 3 rings (SSSR count). The Bertz CT molecular complexity index is 1090. The molecule has 1 amide bonds. The Balaban J connectivity index is 0.00000101. The molecule has 0 aliphatic carbocycles. The van der Waals surface area contributed by atoms with Gasteiger partial charge in [-0.2, -0.15) is 22.8 Å².